The molecule has 3 aromatic rings. The van der Waals surface area contributed by atoms with Crippen molar-refractivity contribution < 1.29 is 14.3 Å². The van der Waals surface area contributed by atoms with Crippen molar-refractivity contribution in [3.8, 4) is 17.0 Å². The Morgan fingerprint density at radius 1 is 1.07 bits per heavy atom. The summed E-state index contributed by atoms with van der Waals surface area (Å²) in [6.45, 7) is 0. The minimum absolute atomic E-state index is 0.0739. The van der Waals surface area contributed by atoms with Gasteiger partial charge in [-0.1, -0.05) is 19.3 Å². The van der Waals surface area contributed by atoms with E-state index < -0.39 is 0 Å². The molecule has 0 atom stereocenters. The number of phenolic OH excluding ortho intramolecular Hbond substituents is 1. The van der Waals surface area contributed by atoms with Crippen LogP contribution in [0.3, 0.4) is 0 Å². The van der Waals surface area contributed by atoms with E-state index in [0.717, 1.165) is 5.82 Å². The predicted molar refractivity (Wildman–Crippen MR) is 112 cm³/mol. The van der Waals surface area contributed by atoms with Crippen molar-refractivity contribution in [2.45, 2.75) is 38.1 Å². The van der Waals surface area contributed by atoms with Crippen molar-refractivity contribution in [1.82, 2.24) is 15.1 Å². The summed E-state index contributed by atoms with van der Waals surface area (Å²) >= 11 is 0. The van der Waals surface area contributed by atoms with Crippen LogP contribution in [0.25, 0.3) is 22.2 Å². The standard InChI is InChI=1S/C22H26N4O3/c1-25(2)22(28)20-12-14-11-18(27)16(13-19(14)29-20)17-9-10-21(24-23-17)26(3)15-7-5-4-6-8-15/h9-13,15,27H,4-8H2,1-3H3. The maximum absolute atomic E-state index is 12.1. The normalized spacial score (nSPS) is 14.9. The number of aromatic nitrogens is 2. The summed E-state index contributed by atoms with van der Waals surface area (Å²) in [6, 6.07) is 9.22. The third-order valence-corrected chi connectivity index (χ3v) is 5.66. The molecule has 1 amide bonds. The molecule has 152 valence electrons. The van der Waals surface area contributed by atoms with Crippen LogP contribution >= 0.6 is 0 Å². The fourth-order valence-electron chi connectivity index (χ4n) is 3.92. The fourth-order valence-corrected chi connectivity index (χ4v) is 3.92. The van der Waals surface area contributed by atoms with Gasteiger partial charge >= 0.3 is 0 Å². The van der Waals surface area contributed by atoms with E-state index >= 15 is 0 Å². The number of rotatable bonds is 4. The molecule has 1 aliphatic carbocycles. The predicted octanol–water partition coefficient (Wildman–Crippen LogP) is 4.07. The van der Waals surface area contributed by atoms with Crippen molar-refractivity contribution in [1.29, 1.82) is 0 Å². The Bertz CT molecular complexity index is 1020. The number of phenols is 1. The third-order valence-electron chi connectivity index (χ3n) is 5.66. The molecule has 7 nitrogen and oxygen atoms in total. The maximum Gasteiger partial charge on any atom is 0.289 e. The molecule has 1 aliphatic rings. The molecular weight excluding hydrogens is 368 g/mol. The quantitative estimate of drug-likeness (QED) is 0.718. The highest BCUT2D eigenvalue weighted by molar-refractivity contribution is 5.97. The molecule has 1 N–H and O–H groups in total. The average Bonchev–Trinajstić information content (AvgIpc) is 3.15. The van der Waals surface area contributed by atoms with Gasteiger partial charge in [0.05, 0.1) is 5.69 Å². The van der Waals surface area contributed by atoms with Gasteiger partial charge in [-0.15, -0.1) is 10.2 Å². The van der Waals surface area contributed by atoms with E-state index in [1.807, 2.05) is 12.1 Å². The topological polar surface area (TPSA) is 82.7 Å². The minimum Gasteiger partial charge on any atom is -0.507 e. The molecule has 2 heterocycles. The van der Waals surface area contributed by atoms with Crippen LogP contribution in [0.4, 0.5) is 5.82 Å². The van der Waals surface area contributed by atoms with Crippen LogP contribution in [-0.4, -0.2) is 53.3 Å². The first-order chi connectivity index (χ1) is 13.9. The number of amides is 1. The molecule has 1 fully saturated rings. The molecule has 29 heavy (non-hydrogen) atoms. The number of fused-ring (bicyclic) bond motifs is 1. The molecule has 7 heteroatoms. The Labute approximate surface area is 169 Å². The molecule has 4 rings (SSSR count). The molecule has 1 saturated carbocycles. The zero-order valence-corrected chi connectivity index (χ0v) is 17.1. The molecule has 2 aromatic heterocycles. The fraction of sp³-hybridized carbons (Fsp3) is 0.409. The second-order valence-electron chi connectivity index (χ2n) is 7.90. The number of carbonyl (C=O) groups is 1. The lowest BCUT2D eigenvalue weighted by Crippen LogP contribution is -2.34. The highest BCUT2D eigenvalue weighted by Crippen LogP contribution is 2.34. The Morgan fingerprint density at radius 2 is 1.83 bits per heavy atom. The van der Waals surface area contributed by atoms with Crippen molar-refractivity contribution in [3.63, 3.8) is 0 Å². The van der Waals surface area contributed by atoms with Gasteiger partial charge in [0.2, 0.25) is 0 Å². The number of benzene rings is 1. The van der Waals surface area contributed by atoms with Crippen molar-refractivity contribution >= 4 is 22.7 Å². The van der Waals surface area contributed by atoms with Crippen LogP contribution in [0.15, 0.2) is 34.7 Å². The van der Waals surface area contributed by atoms with E-state index in [9.17, 15) is 9.90 Å². The zero-order valence-electron chi connectivity index (χ0n) is 17.1. The summed E-state index contributed by atoms with van der Waals surface area (Å²) in [4.78, 5) is 15.8. The first-order valence-corrected chi connectivity index (χ1v) is 9.99. The molecule has 0 spiro atoms. The Balaban J connectivity index is 1.62. The summed E-state index contributed by atoms with van der Waals surface area (Å²) in [7, 11) is 5.40. The van der Waals surface area contributed by atoms with Crippen molar-refractivity contribution in [2.75, 3.05) is 26.0 Å². The first kappa shape index (κ1) is 19.2. The van der Waals surface area contributed by atoms with Gasteiger partial charge in [-0.3, -0.25) is 4.79 Å². The van der Waals surface area contributed by atoms with Gasteiger partial charge in [0.15, 0.2) is 11.6 Å². The Morgan fingerprint density at radius 3 is 2.48 bits per heavy atom. The summed E-state index contributed by atoms with van der Waals surface area (Å²) in [5.41, 5.74) is 1.60. The van der Waals surface area contributed by atoms with E-state index in [0.29, 0.717) is 28.3 Å². The minimum atomic E-state index is -0.225. The average molecular weight is 394 g/mol. The number of hydrogen-bond acceptors (Lipinski definition) is 6. The van der Waals surface area contributed by atoms with Crippen LogP contribution in [-0.2, 0) is 0 Å². The summed E-state index contributed by atoms with van der Waals surface area (Å²) < 4.78 is 5.69. The second-order valence-corrected chi connectivity index (χ2v) is 7.90. The highest BCUT2D eigenvalue weighted by Gasteiger charge is 2.20. The van der Waals surface area contributed by atoms with Crippen LogP contribution < -0.4 is 4.90 Å². The van der Waals surface area contributed by atoms with Crippen LogP contribution in [0.2, 0.25) is 0 Å². The van der Waals surface area contributed by atoms with E-state index in [2.05, 4.69) is 22.1 Å². The second kappa shape index (κ2) is 7.73. The molecule has 0 bridgehead atoms. The lowest BCUT2D eigenvalue weighted by molar-refractivity contribution is 0.0799. The highest BCUT2D eigenvalue weighted by atomic mass is 16.3. The van der Waals surface area contributed by atoms with Gasteiger partial charge in [0, 0.05) is 38.1 Å². The summed E-state index contributed by atoms with van der Waals surface area (Å²) in [6.07, 6.45) is 6.20. The number of hydrogen-bond donors (Lipinski definition) is 1. The Hall–Kier alpha value is -3.09. The number of aromatic hydroxyl groups is 1. The molecule has 1 aromatic carbocycles. The maximum atomic E-state index is 12.1. The lowest BCUT2D eigenvalue weighted by Gasteiger charge is -2.31. The van der Waals surface area contributed by atoms with E-state index in [-0.39, 0.29) is 17.4 Å². The van der Waals surface area contributed by atoms with Gasteiger partial charge in [0.25, 0.3) is 5.91 Å². The zero-order chi connectivity index (χ0) is 20.5. The van der Waals surface area contributed by atoms with Crippen LogP contribution in [0.1, 0.15) is 42.7 Å². The van der Waals surface area contributed by atoms with E-state index in [4.69, 9.17) is 4.42 Å². The number of anilines is 1. The smallest absolute Gasteiger partial charge is 0.289 e. The Kier molecular flexibility index (Phi) is 5.13. The monoisotopic (exact) mass is 394 g/mol. The lowest BCUT2D eigenvalue weighted by atomic mass is 9.94. The first-order valence-electron chi connectivity index (χ1n) is 9.99. The van der Waals surface area contributed by atoms with E-state index in [1.54, 1.807) is 32.3 Å². The van der Waals surface area contributed by atoms with Crippen LogP contribution in [0.5, 0.6) is 5.75 Å². The number of carbonyl (C=O) groups excluding carboxylic acids is 1. The van der Waals surface area contributed by atoms with E-state index in [1.165, 1.54) is 37.0 Å². The number of nitrogens with zero attached hydrogens (tertiary/aromatic N) is 4. The summed E-state index contributed by atoms with van der Waals surface area (Å²) in [5.74, 6) is 0.914. The molecule has 0 aliphatic heterocycles. The van der Waals surface area contributed by atoms with Gasteiger partial charge in [-0.05, 0) is 43.2 Å². The number of furan rings is 1. The van der Waals surface area contributed by atoms with Gasteiger partial charge < -0.3 is 19.3 Å². The van der Waals surface area contributed by atoms with Crippen LogP contribution in [0, 0.1) is 0 Å². The largest absolute Gasteiger partial charge is 0.507 e. The summed E-state index contributed by atoms with van der Waals surface area (Å²) in [5, 5.41) is 19.9. The van der Waals surface area contributed by atoms with Crippen molar-refractivity contribution in [3.05, 3.63) is 36.1 Å². The van der Waals surface area contributed by atoms with Crippen molar-refractivity contribution in [2.24, 2.45) is 0 Å². The van der Waals surface area contributed by atoms with Gasteiger partial charge in [-0.2, -0.15) is 0 Å². The van der Waals surface area contributed by atoms with Gasteiger partial charge in [-0.25, -0.2) is 0 Å². The third kappa shape index (κ3) is 3.77. The molecule has 0 unspecified atom stereocenters. The molecule has 0 radical (unpaired) electrons. The SMILES string of the molecule is CN(C)C(=O)c1cc2cc(O)c(-c3ccc(N(C)C4CCCCC4)nn3)cc2o1. The molecule has 0 saturated heterocycles. The van der Waals surface area contributed by atoms with Gasteiger partial charge in [0.1, 0.15) is 11.3 Å². The molecular formula is C22H26N4O3.